The van der Waals surface area contributed by atoms with E-state index in [1.54, 1.807) is 42.4 Å². The number of rotatable bonds is 5. The first-order chi connectivity index (χ1) is 10.4. The molecule has 0 radical (unpaired) electrons. The van der Waals surface area contributed by atoms with Gasteiger partial charge in [0.25, 0.3) is 0 Å². The molecule has 0 atom stereocenters. The molecule has 1 aromatic carbocycles. The highest BCUT2D eigenvalue weighted by molar-refractivity contribution is 9.10. The molecule has 0 unspecified atom stereocenters. The van der Waals surface area contributed by atoms with Crippen molar-refractivity contribution in [3.05, 3.63) is 56.9 Å². The van der Waals surface area contributed by atoms with Crippen LogP contribution in [0, 0.1) is 5.82 Å². The molecule has 0 saturated heterocycles. The number of carbonyl (C=O) groups is 1. The molecule has 1 heterocycles. The number of hydrogen-bond donors (Lipinski definition) is 1. The number of likely N-dealkylation sites (N-methyl/N-ethyl adjacent to an activating group) is 1. The monoisotopic (exact) mass is 429 g/mol. The van der Waals surface area contributed by atoms with E-state index in [0.29, 0.717) is 22.4 Å². The molecule has 22 heavy (non-hydrogen) atoms. The first-order valence-corrected chi connectivity index (χ1v) is 8.06. The van der Waals surface area contributed by atoms with Crippen molar-refractivity contribution in [3.8, 4) is 0 Å². The minimum Gasteiger partial charge on any atom is -0.310 e. The molecule has 0 aliphatic carbocycles. The Labute approximate surface area is 145 Å². The Morgan fingerprint density at radius 3 is 2.64 bits per heavy atom. The summed E-state index contributed by atoms with van der Waals surface area (Å²) >= 11 is 6.50. The summed E-state index contributed by atoms with van der Waals surface area (Å²) in [5, 5.41) is 2.70. The first kappa shape index (κ1) is 17.1. The second-order valence-electron chi connectivity index (χ2n) is 4.82. The van der Waals surface area contributed by atoms with Crippen LogP contribution in [0.15, 0.2) is 45.5 Å². The van der Waals surface area contributed by atoms with Gasteiger partial charge in [-0.25, -0.2) is 9.37 Å². The summed E-state index contributed by atoms with van der Waals surface area (Å²) in [6, 6.07) is 8.39. The zero-order valence-corrected chi connectivity index (χ0v) is 15.0. The Bertz CT molecular complexity index is 664. The van der Waals surface area contributed by atoms with Crippen LogP contribution in [0.3, 0.4) is 0 Å². The van der Waals surface area contributed by atoms with E-state index in [1.807, 2.05) is 0 Å². The standard InChI is InChI=1S/C15H14Br2FN3O/c1-21(8-10-2-3-11(16)6-13(10)18)9-15(22)20-14-5-4-12(17)7-19-14/h2-7H,8-9H2,1H3,(H,19,20,22). The maximum Gasteiger partial charge on any atom is 0.239 e. The molecular formula is C15H14Br2FN3O. The van der Waals surface area contributed by atoms with Gasteiger partial charge < -0.3 is 5.32 Å². The minimum absolute atomic E-state index is 0.146. The van der Waals surface area contributed by atoms with E-state index in [2.05, 4.69) is 42.2 Å². The third kappa shape index (κ3) is 5.15. The Morgan fingerprint density at radius 2 is 2.00 bits per heavy atom. The number of amides is 1. The van der Waals surface area contributed by atoms with Crippen LogP contribution in [-0.2, 0) is 11.3 Å². The van der Waals surface area contributed by atoms with Gasteiger partial charge in [-0.05, 0) is 47.2 Å². The molecule has 0 aliphatic rings. The Kier molecular flexibility index (Phi) is 6.05. The second-order valence-corrected chi connectivity index (χ2v) is 6.65. The first-order valence-electron chi connectivity index (χ1n) is 6.48. The van der Waals surface area contributed by atoms with Crippen molar-refractivity contribution in [2.45, 2.75) is 6.54 Å². The van der Waals surface area contributed by atoms with Crippen molar-refractivity contribution in [2.75, 3.05) is 18.9 Å². The van der Waals surface area contributed by atoms with Crippen molar-refractivity contribution >= 4 is 43.6 Å². The van der Waals surface area contributed by atoms with Crippen molar-refractivity contribution in [1.29, 1.82) is 0 Å². The molecule has 1 N–H and O–H groups in total. The number of nitrogens with one attached hydrogen (secondary N) is 1. The fourth-order valence-corrected chi connectivity index (χ4v) is 2.44. The number of hydrogen-bond acceptors (Lipinski definition) is 3. The SMILES string of the molecule is CN(CC(=O)Nc1ccc(Br)cn1)Cc1ccc(Br)cc1F. The maximum absolute atomic E-state index is 13.8. The maximum atomic E-state index is 13.8. The number of carbonyl (C=O) groups excluding carboxylic acids is 1. The van der Waals surface area contributed by atoms with E-state index in [9.17, 15) is 9.18 Å². The van der Waals surface area contributed by atoms with Gasteiger partial charge in [0.2, 0.25) is 5.91 Å². The normalized spacial score (nSPS) is 10.8. The van der Waals surface area contributed by atoms with Crippen LogP contribution >= 0.6 is 31.9 Å². The molecule has 7 heteroatoms. The molecule has 1 aromatic heterocycles. The summed E-state index contributed by atoms with van der Waals surface area (Å²) in [4.78, 5) is 17.7. The van der Waals surface area contributed by atoms with Gasteiger partial charge in [0.1, 0.15) is 11.6 Å². The van der Waals surface area contributed by atoms with Crippen LogP contribution in [0.1, 0.15) is 5.56 Å². The van der Waals surface area contributed by atoms with Crippen LogP contribution in [0.5, 0.6) is 0 Å². The van der Waals surface area contributed by atoms with E-state index in [4.69, 9.17) is 0 Å². The zero-order valence-electron chi connectivity index (χ0n) is 11.8. The van der Waals surface area contributed by atoms with Crippen LogP contribution < -0.4 is 5.32 Å². The lowest BCUT2D eigenvalue weighted by Gasteiger charge is -2.16. The molecule has 0 aliphatic heterocycles. The van der Waals surface area contributed by atoms with Crippen molar-refractivity contribution in [3.63, 3.8) is 0 Å². The molecule has 116 valence electrons. The van der Waals surface area contributed by atoms with Crippen LogP contribution in [0.2, 0.25) is 0 Å². The quantitative estimate of drug-likeness (QED) is 0.784. The van der Waals surface area contributed by atoms with E-state index in [1.165, 1.54) is 6.07 Å². The molecular weight excluding hydrogens is 417 g/mol. The molecule has 2 rings (SSSR count). The number of anilines is 1. The minimum atomic E-state index is -0.295. The van der Waals surface area contributed by atoms with Gasteiger partial charge >= 0.3 is 0 Å². The lowest BCUT2D eigenvalue weighted by molar-refractivity contribution is -0.117. The summed E-state index contributed by atoms with van der Waals surface area (Å²) in [5.41, 5.74) is 0.542. The van der Waals surface area contributed by atoms with Gasteiger partial charge in [-0.15, -0.1) is 0 Å². The molecule has 0 saturated carbocycles. The Morgan fingerprint density at radius 1 is 1.27 bits per heavy atom. The van der Waals surface area contributed by atoms with E-state index < -0.39 is 0 Å². The average molecular weight is 431 g/mol. The molecule has 4 nitrogen and oxygen atoms in total. The van der Waals surface area contributed by atoms with Crippen LogP contribution in [0.25, 0.3) is 0 Å². The van der Waals surface area contributed by atoms with Gasteiger partial charge in [-0.3, -0.25) is 9.69 Å². The lowest BCUT2D eigenvalue weighted by atomic mass is 10.2. The van der Waals surface area contributed by atoms with Crippen LogP contribution in [-0.4, -0.2) is 29.4 Å². The van der Waals surface area contributed by atoms with E-state index in [-0.39, 0.29) is 18.3 Å². The topological polar surface area (TPSA) is 45.2 Å². The number of pyridine rings is 1. The number of nitrogens with zero attached hydrogens (tertiary/aromatic N) is 2. The van der Waals surface area contributed by atoms with Crippen molar-refractivity contribution in [1.82, 2.24) is 9.88 Å². The molecule has 1 amide bonds. The largest absolute Gasteiger partial charge is 0.310 e. The predicted molar refractivity (Wildman–Crippen MR) is 91.0 cm³/mol. The predicted octanol–water partition coefficient (Wildman–Crippen LogP) is 3.82. The third-order valence-corrected chi connectivity index (χ3v) is 3.83. The molecule has 0 fully saturated rings. The second kappa shape index (κ2) is 7.80. The van der Waals surface area contributed by atoms with Gasteiger partial charge in [0.05, 0.1) is 6.54 Å². The third-order valence-electron chi connectivity index (χ3n) is 2.86. The van der Waals surface area contributed by atoms with Gasteiger partial charge in [-0.2, -0.15) is 0 Å². The van der Waals surface area contributed by atoms with E-state index >= 15 is 0 Å². The Balaban J connectivity index is 1.89. The molecule has 2 aromatic rings. The summed E-state index contributed by atoms with van der Waals surface area (Å²) in [6.45, 7) is 0.494. The smallest absolute Gasteiger partial charge is 0.239 e. The highest BCUT2D eigenvalue weighted by Crippen LogP contribution is 2.16. The fraction of sp³-hybridized carbons (Fsp3) is 0.200. The summed E-state index contributed by atoms with van der Waals surface area (Å²) in [6.07, 6.45) is 1.61. The number of halogens is 3. The highest BCUT2D eigenvalue weighted by Gasteiger charge is 2.10. The summed E-state index contributed by atoms with van der Waals surface area (Å²) < 4.78 is 15.3. The summed E-state index contributed by atoms with van der Waals surface area (Å²) in [7, 11) is 1.76. The lowest BCUT2D eigenvalue weighted by Crippen LogP contribution is -2.30. The van der Waals surface area contributed by atoms with Gasteiger partial charge in [0.15, 0.2) is 0 Å². The van der Waals surface area contributed by atoms with E-state index in [0.717, 1.165) is 4.47 Å². The van der Waals surface area contributed by atoms with Crippen molar-refractivity contribution < 1.29 is 9.18 Å². The number of benzene rings is 1. The fourth-order valence-electron chi connectivity index (χ4n) is 1.87. The van der Waals surface area contributed by atoms with Gasteiger partial charge in [-0.1, -0.05) is 22.0 Å². The Hall–Kier alpha value is -1.31. The molecule has 0 spiro atoms. The highest BCUT2D eigenvalue weighted by atomic mass is 79.9. The van der Waals surface area contributed by atoms with Crippen molar-refractivity contribution in [2.24, 2.45) is 0 Å². The zero-order chi connectivity index (χ0) is 16.1. The number of aromatic nitrogens is 1. The van der Waals surface area contributed by atoms with Crippen LogP contribution in [0.4, 0.5) is 10.2 Å². The van der Waals surface area contributed by atoms with Gasteiger partial charge in [0, 0.05) is 27.3 Å². The summed E-state index contributed by atoms with van der Waals surface area (Å²) in [5.74, 6) is -0.0116. The average Bonchev–Trinajstić information content (AvgIpc) is 2.44. The molecule has 0 bridgehead atoms.